The highest BCUT2D eigenvalue weighted by molar-refractivity contribution is 6.22. The van der Waals surface area contributed by atoms with Gasteiger partial charge in [0.15, 0.2) is 0 Å². The number of hydrogen-bond donors (Lipinski definition) is 1. The van der Waals surface area contributed by atoms with Gasteiger partial charge in [0, 0.05) is 11.1 Å². The molecule has 5 heteroatoms. The van der Waals surface area contributed by atoms with Crippen LogP contribution in [0.4, 0.5) is 0 Å². The number of carbonyl (C=O) groups excluding carboxylic acids is 3. The van der Waals surface area contributed by atoms with Gasteiger partial charge in [0.2, 0.25) is 0 Å². The Balaban J connectivity index is 2.37. The van der Waals surface area contributed by atoms with Crippen LogP contribution in [-0.4, -0.2) is 17.8 Å². The average molecular weight is 259 g/mol. The fourth-order valence-electron chi connectivity index (χ4n) is 1.91. The lowest BCUT2D eigenvalue weighted by molar-refractivity contribution is -0.143. The summed E-state index contributed by atoms with van der Waals surface area (Å²) in [5, 5.41) is 2.22. The Kier molecular flexibility index (Phi) is 3.21. The van der Waals surface area contributed by atoms with Crippen LogP contribution in [0.2, 0.25) is 0 Å². The van der Waals surface area contributed by atoms with Crippen molar-refractivity contribution in [2.75, 3.05) is 0 Å². The molecule has 0 fully saturated rings. The molecule has 1 N–H and O–H groups in total. The van der Waals surface area contributed by atoms with Gasteiger partial charge in [-0.3, -0.25) is 14.9 Å². The highest BCUT2D eigenvalue weighted by Crippen LogP contribution is 2.27. The number of ether oxygens (including phenoxy) is 1. The van der Waals surface area contributed by atoms with Gasteiger partial charge in [-0.25, -0.2) is 4.79 Å². The molecule has 1 aromatic carbocycles. The van der Waals surface area contributed by atoms with E-state index in [1.807, 2.05) is 0 Å². The predicted molar refractivity (Wildman–Crippen MR) is 67.6 cm³/mol. The molecule has 0 saturated heterocycles. The summed E-state index contributed by atoms with van der Waals surface area (Å²) in [6.45, 7) is 6.68. The van der Waals surface area contributed by atoms with Crippen LogP contribution in [0.1, 0.15) is 46.2 Å². The zero-order chi connectivity index (χ0) is 14.2. The first-order valence-corrected chi connectivity index (χ1v) is 5.77. The van der Waals surface area contributed by atoms with Crippen molar-refractivity contribution in [2.24, 2.45) is 0 Å². The second-order valence-electron chi connectivity index (χ2n) is 4.38. The number of rotatable bonds is 3. The SMILES string of the molecule is C=C(C)C(=O)OC(C)c1cccc2c1C(=O)NC2=O. The fraction of sp³-hybridized carbons (Fsp3) is 0.214. The Hall–Kier alpha value is -2.43. The predicted octanol–water partition coefficient (Wildman–Crippen LogP) is 1.75. The Morgan fingerprint density at radius 2 is 2.00 bits per heavy atom. The Morgan fingerprint density at radius 3 is 2.63 bits per heavy atom. The highest BCUT2D eigenvalue weighted by atomic mass is 16.5. The van der Waals surface area contributed by atoms with Crippen LogP contribution >= 0.6 is 0 Å². The largest absolute Gasteiger partial charge is 0.454 e. The standard InChI is InChI=1S/C14H13NO4/c1-7(2)14(18)19-8(3)9-5-4-6-10-11(9)13(17)15-12(10)16/h4-6,8H,1H2,2-3H3,(H,15,16,17). The molecule has 0 saturated carbocycles. The molecule has 0 aromatic heterocycles. The van der Waals surface area contributed by atoms with Crippen LogP contribution in [-0.2, 0) is 9.53 Å². The molecule has 2 amide bonds. The molecule has 1 heterocycles. The van der Waals surface area contributed by atoms with Crippen LogP contribution < -0.4 is 5.32 Å². The molecule has 98 valence electrons. The third-order valence-electron chi connectivity index (χ3n) is 2.87. The van der Waals surface area contributed by atoms with Crippen molar-refractivity contribution in [1.82, 2.24) is 5.32 Å². The fourth-order valence-corrected chi connectivity index (χ4v) is 1.91. The quantitative estimate of drug-likeness (QED) is 0.510. The normalized spacial score (nSPS) is 14.6. The molecule has 1 atom stereocenters. The second kappa shape index (κ2) is 4.68. The number of hydrogen-bond acceptors (Lipinski definition) is 4. The van der Waals surface area contributed by atoms with Crippen LogP contribution in [0, 0.1) is 0 Å². The van der Waals surface area contributed by atoms with Crippen molar-refractivity contribution < 1.29 is 19.1 Å². The summed E-state index contributed by atoms with van der Waals surface area (Å²) in [4.78, 5) is 34.7. The van der Waals surface area contributed by atoms with Gasteiger partial charge in [0.25, 0.3) is 11.8 Å². The van der Waals surface area contributed by atoms with E-state index in [1.54, 1.807) is 32.0 Å². The summed E-state index contributed by atoms with van der Waals surface area (Å²) >= 11 is 0. The van der Waals surface area contributed by atoms with Gasteiger partial charge in [-0.05, 0) is 19.9 Å². The molecule has 0 spiro atoms. The van der Waals surface area contributed by atoms with E-state index >= 15 is 0 Å². The second-order valence-corrected chi connectivity index (χ2v) is 4.38. The van der Waals surface area contributed by atoms with E-state index in [0.717, 1.165) is 0 Å². The number of amides is 2. The summed E-state index contributed by atoms with van der Waals surface area (Å²) in [5.74, 6) is -1.43. The zero-order valence-corrected chi connectivity index (χ0v) is 10.6. The average Bonchev–Trinajstić information content (AvgIpc) is 2.65. The lowest BCUT2D eigenvalue weighted by atomic mass is 9.99. The van der Waals surface area contributed by atoms with E-state index in [9.17, 15) is 14.4 Å². The highest BCUT2D eigenvalue weighted by Gasteiger charge is 2.31. The minimum atomic E-state index is -0.629. The maximum Gasteiger partial charge on any atom is 0.333 e. The van der Waals surface area contributed by atoms with Crippen molar-refractivity contribution in [1.29, 1.82) is 0 Å². The summed E-state index contributed by atoms with van der Waals surface area (Å²) in [7, 11) is 0. The Morgan fingerprint density at radius 1 is 1.32 bits per heavy atom. The van der Waals surface area contributed by atoms with Gasteiger partial charge in [0.05, 0.1) is 11.1 Å². The molecule has 1 aliphatic heterocycles. The van der Waals surface area contributed by atoms with Crippen molar-refractivity contribution in [2.45, 2.75) is 20.0 Å². The minimum Gasteiger partial charge on any atom is -0.454 e. The maximum absolute atomic E-state index is 11.7. The first kappa shape index (κ1) is 13.0. The molecule has 0 aliphatic carbocycles. The van der Waals surface area contributed by atoms with Crippen LogP contribution in [0.25, 0.3) is 0 Å². The smallest absolute Gasteiger partial charge is 0.333 e. The monoisotopic (exact) mass is 259 g/mol. The van der Waals surface area contributed by atoms with Gasteiger partial charge >= 0.3 is 5.97 Å². The molecular formula is C14H13NO4. The van der Waals surface area contributed by atoms with E-state index in [-0.39, 0.29) is 11.1 Å². The van der Waals surface area contributed by atoms with E-state index in [2.05, 4.69) is 11.9 Å². The van der Waals surface area contributed by atoms with Crippen molar-refractivity contribution in [3.05, 3.63) is 47.0 Å². The van der Waals surface area contributed by atoms with E-state index < -0.39 is 23.9 Å². The van der Waals surface area contributed by atoms with Crippen LogP contribution in [0.3, 0.4) is 0 Å². The first-order chi connectivity index (χ1) is 8.91. The Bertz CT molecular complexity index is 603. The zero-order valence-electron chi connectivity index (χ0n) is 10.6. The van der Waals surface area contributed by atoms with Crippen molar-refractivity contribution in [3.8, 4) is 0 Å². The number of nitrogens with one attached hydrogen (secondary N) is 1. The number of imide groups is 1. The molecule has 2 rings (SSSR count). The lowest BCUT2D eigenvalue weighted by Crippen LogP contribution is -2.20. The molecule has 1 unspecified atom stereocenters. The summed E-state index contributed by atoms with van der Waals surface area (Å²) in [5.41, 5.74) is 1.37. The third kappa shape index (κ3) is 2.27. The molecule has 19 heavy (non-hydrogen) atoms. The number of carbonyl (C=O) groups is 3. The van der Waals surface area contributed by atoms with Gasteiger partial charge in [-0.15, -0.1) is 0 Å². The summed E-state index contributed by atoms with van der Waals surface area (Å²) in [6.07, 6.45) is -0.629. The Labute approximate surface area is 110 Å². The van der Waals surface area contributed by atoms with E-state index in [0.29, 0.717) is 11.1 Å². The van der Waals surface area contributed by atoms with Crippen molar-refractivity contribution in [3.63, 3.8) is 0 Å². The topological polar surface area (TPSA) is 72.5 Å². The molecule has 1 aromatic rings. The summed E-state index contributed by atoms with van der Waals surface area (Å²) in [6, 6.07) is 4.87. The molecular weight excluding hydrogens is 246 g/mol. The molecule has 0 radical (unpaired) electrons. The van der Waals surface area contributed by atoms with Gasteiger partial charge in [0.1, 0.15) is 6.10 Å². The van der Waals surface area contributed by atoms with E-state index in [1.165, 1.54) is 0 Å². The first-order valence-electron chi connectivity index (χ1n) is 5.77. The number of esters is 1. The van der Waals surface area contributed by atoms with Gasteiger partial charge in [-0.2, -0.15) is 0 Å². The van der Waals surface area contributed by atoms with Gasteiger partial charge < -0.3 is 4.74 Å². The molecule has 5 nitrogen and oxygen atoms in total. The molecule has 0 bridgehead atoms. The third-order valence-corrected chi connectivity index (χ3v) is 2.87. The van der Waals surface area contributed by atoms with E-state index in [4.69, 9.17) is 4.74 Å². The minimum absolute atomic E-state index is 0.273. The number of fused-ring (bicyclic) bond motifs is 1. The van der Waals surface area contributed by atoms with Crippen LogP contribution in [0.15, 0.2) is 30.4 Å². The molecule has 1 aliphatic rings. The lowest BCUT2D eigenvalue weighted by Gasteiger charge is -2.15. The van der Waals surface area contributed by atoms with Gasteiger partial charge in [-0.1, -0.05) is 18.7 Å². The van der Waals surface area contributed by atoms with Crippen molar-refractivity contribution >= 4 is 17.8 Å². The maximum atomic E-state index is 11.7. The number of benzene rings is 1. The van der Waals surface area contributed by atoms with Crippen LogP contribution in [0.5, 0.6) is 0 Å². The summed E-state index contributed by atoms with van der Waals surface area (Å²) < 4.78 is 5.18.